The van der Waals surface area contributed by atoms with Crippen LogP contribution in [0.4, 0.5) is 5.69 Å². The number of halogens is 1. The molecular formula is C13H12ClN3O. The molecule has 0 radical (unpaired) electrons. The molecule has 1 heterocycles. The lowest BCUT2D eigenvalue weighted by atomic mass is 10.2. The fraction of sp³-hybridized carbons (Fsp3) is 0.0769. The van der Waals surface area contributed by atoms with E-state index in [0.717, 1.165) is 5.56 Å². The number of amides is 1. The largest absolute Gasteiger partial charge is 0.399 e. The lowest BCUT2D eigenvalue weighted by Gasteiger charge is -2.07. The van der Waals surface area contributed by atoms with Gasteiger partial charge in [0.15, 0.2) is 0 Å². The van der Waals surface area contributed by atoms with Gasteiger partial charge in [-0.3, -0.25) is 9.78 Å². The number of nitrogens with two attached hydrogens (primary N) is 1. The fourth-order valence-electron chi connectivity index (χ4n) is 1.50. The van der Waals surface area contributed by atoms with Gasteiger partial charge >= 0.3 is 0 Å². The molecule has 3 N–H and O–H groups in total. The van der Waals surface area contributed by atoms with Crippen LogP contribution in [0, 0.1) is 0 Å². The highest BCUT2D eigenvalue weighted by molar-refractivity contribution is 6.34. The number of anilines is 1. The Hall–Kier alpha value is -2.07. The molecule has 1 aromatic heterocycles. The Morgan fingerprint density at radius 3 is 2.89 bits per heavy atom. The molecule has 2 aromatic rings. The van der Waals surface area contributed by atoms with Crippen LogP contribution >= 0.6 is 11.6 Å². The van der Waals surface area contributed by atoms with Crippen LogP contribution in [0.1, 0.15) is 15.9 Å². The summed E-state index contributed by atoms with van der Waals surface area (Å²) in [6, 6.07) is 8.51. The highest BCUT2D eigenvalue weighted by atomic mass is 35.5. The second-order valence-electron chi connectivity index (χ2n) is 3.78. The Labute approximate surface area is 110 Å². The van der Waals surface area contributed by atoms with Crippen molar-refractivity contribution in [2.45, 2.75) is 6.54 Å². The van der Waals surface area contributed by atoms with Crippen LogP contribution in [0.2, 0.25) is 5.02 Å². The number of carbonyl (C=O) groups is 1. The van der Waals surface area contributed by atoms with Crippen molar-refractivity contribution >= 4 is 23.2 Å². The van der Waals surface area contributed by atoms with Crippen molar-refractivity contribution in [3.63, 3.8) is 0 Å². The van der Waals surface area contributed by atoms with Gasteiger partial charge in [-0.2, -0.15) is 0 Å². The summed E-state index contributed by atoms with van der Waals surface area (Å²) in [7, 11) is 0. The summed E-state index contributed by atoms with van der Waals surface area (Å²) in [5, 5.41) is 3.12. The van der Waals surface area contributed by atoms with Crippen molar-refractivity contribution in [3.05, 3.63) is 58.9 Å². The molecule has 0 bridgehead atoms. The van der Waals surface area contributed by atoms with Crippen LogP contribution in [0.5, 0.6) is 0 Å². The molecule has 0 fully saturated rings. The third kappa shape index (κ3) is 2.99. The van der Waals surface area contributed by atoms with Gasteiger partial charge in [-0.15, -0.1) is 0 Å². The second kappa shape index (κ2) is 5.51. The minimum atomic E-state index is -0.233. The molecule has 0 atom stereocenters. The maximum atomic E-state index is 11.9. The summed E-state index contributed by atoms with van der Waals surface area (Å²) in [6.45, 7) is 0.410. The Balaban J connectivity index is 2.04. The van der Waals surface area contributed by atoms with E-state index in [1.807, 2.05) is 12.1 Å². The smallest absolute Gasteiger partial charge is 0.253 e. The Bertz CT molecular complexity index is 557. The first-order valence-corrected chi connectivity index (χ1v) is 5.77. The molecule has 1 aromatic carbocycles. The monoisotopic (exact) mass is 261 g/mol. The van der Waals surface area contributed by atoms with Crippen molar-refractivity contribution in [1.29, 1.82) is 0 Å². The van der Waals surface area contributed by atoms with E-state index in [0.29, 0.717) is 22.8 Å². The molecule has 0 saturated heterocycles. The number of nitrogens with one attached hydrogen (secondary N) is 1. The lowest BCUT2D eigenvalue weighted by Crippen LogP contribution is -2.23. The van der Waals surface area contributed by atoms with Gasteiger partial charge < -0.3 is 11.1 Å². The van der Waals surface area contributed by atoms with E-state index in [1.165, 1.54) is 0 Å². The third-order valence-electron chi connectivity index (χ3n) is 2.41. The molecule has 0 aliphatic rings. The van der Waals surface area contributed by atoms with Gasteiger partial charge in [-0.25, -0.2) is 0 Å². The van der Waals surface area contributed by atoms with Gasteiger partial charge in [0.05, 0.1) is 10.6 Å². The van der Waals surface area contributed by atoms with Crippen molar-refractivity contribution in [2.75, 3.05) is 5.73 Å². The maximum absolute atomic E-state index is 11.9. The number of aromatic nitrogens is 1. The standard InChI is InChI=1S/C13H12ClN3O/c14-12-6-10(15)3-4-11(12)13(18)17-8-9-2-1-5-16-7-9/h1-7H,8,15H2,(H,17,18). The van der Waals surface area contributed by atoms with Gasteiger partial charge in [-0.1, -0.05) is 17.7 Å². The number of hydrogen-bond acceptors (Lipinski definition) is 3. The minimum Gasteiger partial charge on any atom is -0.399 e. The number of benzene rings is 1. The second-order valence-corrected chi connectivity index (χ2v) is 4.19. The minimum absolute atomic E-state index is 0.233. The Kier molecular flexibility index (Phi) is 3.79. The molecule has 2 rings (SSSR count). The summed E-state index contributed by atoms with van der Waals surface area (Å²) in [5.41, 5.74) is 7.44. The number of nitrogen functional groups attached to an aromatic ring is 1. The predicted molar refractivity (Wildman–Crippen MR) is 71.3 cm³/mol. The quantitative estimate of drug-likeness (QED) is 0.833. The van der Waals surface area contributed by atoms with Crippen LogP contribution in [0.3, 0.4) is 0 Å². The topological polar surface area (TPSA) is 68.0 Å². The van der Waals surface area contributed by atoms with Crippen molar-refractivity contribution in [1.82, 2.24) is 10.3 Å². The van der Waals surface area contributed by atoms with Gasteiger partial charge in [-0.05, 0) is 29.8 Å². The third-order valence-corrected chi connectivity index (χ3v) is 2.73. The zero-order valence-electron chi connectivity index (χ0n) is 9.56. The molecule has 0 unspecified atom stereocenters. The normalized spacial score (nSPS) is 10.1. The molecule has 5 heteroatoms. The van der Waals surface area contributed by atoms with E-state index in [1.54, 1.807) is 30.6 Å². The van der Waals surface area contributed by atoms with Gasteiger partial charge in [0, 0.05) is 24.6 Å². The summed E-state index contributed by atoms with van der Waals surface area (Å²) in [6.07, 6.45) is 3.38. The average Bonchev–Trinajstić information content (AvgIpc) is 2.37. The highest BCUT2D eigenvalue weighted by Crippen LogP contribution is 2.18. The number of carbonyl (C=O) groups excluding carboxylic acids is 1. The molecule has 4 nitrogen and oxygen atoms in total. The van der Waals surface area contributed by atoms with E-state index >= 15 is 0 Å². The van der Waals surface area contributed by atoms with Gasteiger partial charge in [0.2, 0.25) is 0 Å². The molecule has 18 heavy (non-hydrogen) atoms. The first kappa shape index (κ1) is 12.4. The predicted octanol–water partition coefficient (Wildman–Crippen LogP) is 2.25. The molecule has 1 amide bonds. The van der Waals surface area contributed by atoms with E-state index in [2.05, 4.69) is 10.3 Å². The van der Waals surface area contributed by atoms with E-state index in [-0.39, 0.29) is 5.91 Å². The first-order valence-electron chi connectivity index (χ1n) is 5.39. The van der Waals surface area contributed by atoms with E-state index in [4.69, 9.17) is 17.3 Å². The zero-order valence-corrected chi connectivity index (χ0v) is 10.3. The van der Waals surface area contributed by atoms with Crippen LogP contribution in [0.25, 0.3) is 0 Å². The van der Waals surface area contributed by atoms with Crippen molar-refractivity contribution in [2.24, 2.45) is 0 Å². The SMILES string of the molecule is Nc1ccc(C(=O)NCc2cccnc2)c(Cl)c1. The summed E-state index contributed by atoms with van der Waals surface area (Å²) >= 11 is 5.95. The number of hydrogen-bond donors (Lipinski definition) is 2. The first-order chi connectivity index (χ1) is 8.66. The fourth-order valence-corrected chi connectivity index (χ4v) is 1.77. The van der Waals surface area contributed by atoms with Gasteiger partial charge in [0.25, 0.3) is 5.91 Å². The van der Waals surface area contributed by atoms with Crippen molar-refractivity contribution < 1.29 is 4.79 Å². The maximum Gasteiger partial charge on any atom is 0.253 e. The molecule has 0 saturated carbocycles. The Morgan fingerprint density at radius 1 is 1.39 bits per heavy atom. The lowest BCUT2D eigenvalue weighted by molar-refractivity contribution is 0.0951. The van der Waals surface area contributed by atoms with Crippen LogP contribution in [0.15, 0.2) is 42.7 Å². The van der Waals surface area contributed by atoms with Crippen LogP contribution in [-0.4, -0.2) is 10.9 Å². The molecule has 0 aliphatic heterocycles. The molecule has 0 spiro atoms. The highest BCUT2D eigenvalue weighted by Gasteiger charge is 2.09. The summed E-state index contributed by atoms with van der Waals surface area (Å²) in [4.78, 5) is 15.9. The average molecular weight is 262 g/mol. The Morgan fingerprint density at radius 2 is 2.22 bits per heavy atom. The molecule has 92 valence electrons. The summed E-state index contributed by atoms with van der Waals surface area (Å²) < 4.78 is 0. The molecule has 0 aliphatic carbocycles. The van der Waals surface area contributed by atoms with Crippen LogP contribution in [-0.2, 0) is 6.54 Å². The summed E-state index contributed by atoms with van der Waals surface area (Å²) in [5.74, 6) is -0.233. The van der Waals surface area contributed by atoms with Crippen LogP contribution < -0.4 is 11.1 Å². The van der Waals surface area contributed by atoms with E-state index in [9.17, 15) is 4.79 Å². The van der Waals surface area contributed by atoms with Crippen molar-refractivity contribution in [3.8, 4) is 0 Å². The number of rotatable bonds is 3. The van der Waals surface area contributed by atoms with Gasteiger partial charge in [0.1, 0.15) is 0 Å². The van der Waals surface area contributed by atoms with E-state index < -0.39 is 0 Å². The zero-order chi connectivity index (χ0) is 13.0. The molecular weight excluding hydrogens is 250 g/mol. The number of nitrogens with zero attached hydrogens (tertiary/aromatic N) is 1. The number of pyridine rings is 1.